The second-order valence-corrected chi connectivity index (χ2v) is 5.67. The van der Waals surface area contributed by atoms with Crippen LogP contribution >= 0.6 is 11.6 Å². The highest BCUT2D eigenvalue weighted by atomic mass is 35.5. The van der Waals surface area contributed by atoms with Crippen molar-refractivity contribution in [1.29, 1.82) is 0 Å². The zero-order chi connectivity index (χ0) is 14.6. The van der Waals surface area contributed by atoms with Crippen molar-refractivity contribution in [2.75, 3.05) is 13.7 Å². The van der Waals surface area contributed by atoms with Gasteiger partial charge in [0.2, 0.25) is 0 Å². The van der Waals surface area contributed by atoms with Crippen molar-refractivity contribution in [2.24, 2.45) is 0 Å². The Hall–Kier alpha value is -1.10. The summed E-state index contributed by atoms with van der Waals surface area (Å²) < 4.78 is 4.89. The van der Waals surface area contributed by atoms with Gasteiger partial charge in [-0.3, -0.25) is 10.1 Å². The van der Waals surface area contributed by atoms with Crippen LogP contribution in [0.2, 0.25) is 5.02 Å². The summed E-state index contributed by atoms with van der Waals surface area (Å²) >= 11 is 5.82. The van der Waals surface area contributed by atoms with Gasteiger partial charge in [-0.05, 0) is 30.5 Å². The van der Waals surface area contributed by atoms with Crippen LogP contribution in [0.5, 0.6) is 0 Å². The summed E-state index contributed by atoms with van der Waals surface area (Å²) in [6, 6.07) is 7.06. The molecule has 1 unspecified atom stereocenters. The maximum Gasteiger partial charge on any atom is 0.326 e. The van der Waals surface area contributed by atoms with Gasteiger partial charge in [0.15, 0.2) is 0 Å². The minimum Gasteiger partial charge on any atom is -0.468 e. The van der Waals surface area contributed by atoms with Crippen molar-refractivity contribution in [2.45, 2.75) is 37.3 Å². The van der Waals surface area contributed by atoms with E-state index in [0.717, 1.165) is 31.2 Å². The van der Waals surface area contributed by atoms with Crippen LogP contribution in [0.25, 0.3) is 0 Å². The van der Waals surface area contributed by atoms with Crippen molar-refractivity contribution >= 4 is 17.6 Å². The predicted octanol–water partition coefficient (Wildman–Crippen LogP) is 2.45. The highest BCUT2D eigenvalue weighted by Gasteiger charge is 2.42. The Morgan fingerprint density at radius 1 is 1.40 bits per heavy atom. The summed E-state index contributed by atoms with van der Waals surface area (Å²) in [7, 11) is 1.40. The molecule has 0 spiro atoms. The lowest BCUT2D eigenvalue weighted by Gasteiger charge is -2.28. The van der Waals surface area contributed by atoms with Crippen LogP contribution in [0, 0.1) is 0 Å². The van der Waals surface area contributed by atoms with Crippen molar-refractivity contribution in [3.63, 3.8) is 0 Å². The third-order valence-electron chi connectivity index (χ3n) is 3.92. The summed E-state index contributed by atoms with van der Waals surface area (Å²) in [6.07, 6.45) is 2.84. The Balaban J connectivity index is 1.99. The Morgan fingerprint density at radius 2 is 2.00 bits per heavy atom. The van der Waals surface area contributed by atoms with E-state index in [0.29, 0.717) is 11.6 Å². The molecule has 0 heterocycles. The molecule has 4 nitrogen and oxygen atoms in total. The zero-order valence-electron chi connectivity index (χ0n) is 11.6. The van der Waals surface area contributed by atoms with Crippen LogP contribution in [0.15, 0.2) is 24.3 Å². The third kappa shape index (κ3) is 3.32. The number of halogens is 1. The molecule has 2 N–H and O–H groups in total. The molecule has 0 radical (unpaired) electrons. The average molecular weight is 298 g/mol. The molecule has 1 aliphatic rings. The van der Waals surface area contributed by atoms with Gasteiger partial charge in [-0.2, -0.15) is 0 Å². The summed E-state index contributed by atoms with van der Waals surface area (Å²) in [4.78, 5) is 11.9. The summed E-state index contributed by atoms with van der Waals surface area (Å²) in [5, 5.41) is 14.0. The standard InChI is InChI=1S/C15H20ClNO3/c1-20-14(19)15(8-2-3-9-15)17-10-13(18)11-4-6-12(16)7-5-11/h4-7,13,17-18H,2-3,8-10H2,1H3. The number of rotatable bonds is 5. The molecule has 2 rings (SSSR count). The van der Waals surface area contributed by atoms with Crippen LogP contribution in [-0.4, -0.2) is 30.3 Å². The normalized spacial score (nSPS) is 18.8. The van der Waals surface area contributed by atoms with E-state index in [1.807, 2.05) is 0 Å². The fourth-order valence-electron chi connectivity index (χ4n) is 2.72. The number of aliphatic hydroxyl groups excluding tert-OH is 1. The first-order valence-electron chi connectivity index (χ1n) is 6.84. The van der Waals surface area contributed by atoms with Gasteiger partial charge in [0.05, 0.1) is 13.2 Å². The molecule has 20 heavy (non-hydrogen) atoms. The number of benzene rings is 1. The van der Waals surface area contributed by atoms with Crippen LogP contribution in [-0.2, 0) is 9.53 Å². The van der Waals surface area contributed by atoms with Gasteiger partial charge in [-0.1, -0.05) is 36.6 Å². The SMILES string of the molecule is COC(=O)C1(NCC(O)c2ccc(Cl)cc2)CCCC1. The minimum absolute atomic E-state index is 0.238. The molecule has 110 valence electrons. The summed E-state index contributed by atoms with van der Waals surface area (Å²) in [5.74, 6) is -0.238. The molecule has 0 amide bonds. The molecule has 0 aliphatic heterocycles. The molecule has 1 aliphatic carbocycles. The highest BCUT2D eigenvalue weighted by Crippen LogP contribution is 2.31. The molecule has 0 bridgehead atoms. The number of esters is 1. The van der Waals surface area contributed by atoms with E-state index in [1.165, 1.54) is 7.11 Å². The molecule has 1 aromatic carbocycles. The lowest BCUT2D eigenvalue weighted by molar-refractivity contribution is -0.148. The van der Waals surface area contributed by atoms with Gasteiger partial charge in [-0.25, -0.2) is 0 Å². The summed E-state index contributed by atoms with van der Waals surface area (Å²) in [6.45, 7) is 0.316. The Bertz CT molecular complexity index is 455. The van der Waals surface area contributed by atoms with E-state index in [-0.39, 0.29) is 5.97 Å². The monoisotopic (exact) mass is 297 g/mol. The van der Waals surface area contributed by atoms with E-state index in [9.17, 15) is 9.90 Å². The van der Waals surface area contributed by atoms with Crippen LogP contribution < -0.4 is 5.32 Å². The number of hydrogen-bond donors (Lipinski definition) is 2. The fraction of sp³-hybridized carbons (Fsp3) is 0.533. The maximum absolute atomic E-state index is 11.9. The maximum atomic E-state index is 11.9. The van der Waals surface area contributed by atoms with Gasteiger partial charge in [0.1, 0.15) is 5.54 Å². The number of carbonyl (C=O) groups excluding carboxylic acids is 1. The number of methoxy groups -OCH3 is 1. The molecule has 1 aromatic rings. The fourth-order valence-corrected chi connectivity index (χ4v) is 2.85. The predicted molar refractivity (Wildman–Crippen MR) is 77.6 cm³/mol. The van der Waals surface area contributed by atoms with Gasteiger partial charge in [0.25, 0.3) is 0 Å². The molecule has 0 saturated heterocycles. The topological polar surface area (TPSA) is 58.6 Å². The van der Waals surface area contributed by atoms with Crippen LogP contribution in [0.3, 0.4) is 0 Å². The Morgan fingerprint density at radius 3 is 2.55 bits per heavy atom. The van der Waals surface area contributed by atoms with E-state index < -0.39 is 11.6 Å². The van der Waals surface area contributed by atoms with Crippen molar-refractivity contribution in [3.05, 3.63) is 34.9 Å². The molecule has 1 atom stereocenters. The molecular formula is C15H20ClNO3. The molecule has 1 fully saturated rings. The molecule has 0 aromatic heterocycles. The van der Waals surface area contributed by atoms with E-state index in [1.54, 1.807) is 24.3 Å². The van der Waals surface area contributed by atoms with Gasteiger partial charge >= 0.3 is 5.97 Å². The molecule has 5 heteroatoms. The number of β-amino-alcohol motifs (C(OH)–C–C–N with tert-alkyl or cyclic N) is 1. The number of nitrogens with one attached hydrogen (secondary N) is 1. The Kier molecular flexibility index (Phi) is 5.02. The highest BCUT2D eigenvalue weighted by molar-refractivity contribution is 6.30. The number of aliphatic hydroxyl groups is 1. The number of ether oxygens (including phenoxy) is 1. The van der Waals surface area contributed by atoms with Crippen LogP contribution in [0.1, 0.15) is 37.4 Å². The number of hydrogen-bond acceptors (Lipinski definition) is 4. The molecule has 1 saturated carbocycles. The lowest BCUT2D eigenvalue weighted by Crippen LogP contribution is -2.51. The van der Waals surface area contributed by atoms with Gasteiger partial charge in [-0.15, -0.1) is 0 Å². The molecular weight excluding hydrogens is 278 g/mol. The van der Waals surface area contributed by atoms with Gasteiger partial charge < -0.3 is 9.84 Å². The number of carbonyl (C=O) groups is 1. The largest absolute Gasteiger partial charge is 0.468 e. The third-order valence-corrected chi connectivity index (χ3v) is 4.17. The smallest absolute Gasteiger partial charge is 0.326 e. The minimum atomic E-state index is -0.672. The van der Waals surface area contributed by atoms with E-state index >= 15 is 0 Å². The second-order valence-electron chi connectivity index (χ2n) is 5.23. The van der Waals surface area contributed by atoms with Crippen molar-refractivity contribution in [3.8, 4) is 0 Å². The average Bonchev–Trinajstić information content (AvgIpc) is 2.95. The summed E-state index contributed by atoms with van der Waals surface area (Å²) in [5.41, 5.74) is 0.141. The first kappa shape index (κ1) is 15.3. The first-order valence-corrected chi connectivity index (χ1v) is 7.22. The van der Waals surface area contributed by atoms with Gasteiger partial charge in [0, 0.05) is 11.6 Å². The van der Waals surface area contributed by atoms with Crippen LogP contribution in [0.4, 0.5) is 0 Å². The van der Waals surface area contributed by atoms with E-state index in [2.05, 4.69) is 5.32 Å². The first-order chi connectivity index (χ1) is 9.57. The van der Waals surface area contributed by atoms with Crippen molar-refractivity contribution in [1.82, 2.24) is 5.32 Å². The zero-order valence-corrected chi connectivity index (χ0v) is 12.3. The lowest BCUT2D eigenvalue weighted by atomic mass is 9.97. The second kappa shape index (κ2) is 6.57. The van der Waals surface area contributed by atoms with Crippen molar-refractivity contribution < 1.29 is 14.6 Å². The van der Waals surface area contributed by atoms with E-state index in [4.69, 9.17) is 16.3 Å². The quantitative estimate of drug-likeness (QED) is 0.820. The Labute approximate surface area is 124 Å².